The summed E-state index contributed by atoms with van der Waals surface area (Å²) in [6, 6.07) is 3.97. The lowest BCUT2D eigenvalue weighted by Gasteiger charge is -2.31. The van der Waals surface area contributed by atoms with E-state index in [1.165, 1.54) is 24.2 Å². The van der Waals surface area contributed by atoms with Crippen molar-refractivity contribution in [1.82, 2.24) is 20.4 Å². The standard InChI is InChI=1S/C24H36N6O3S/c1-3-5-12-28(4-2)17-20-11-10-19(33-20)15-25-22(32)18-8-6-13-29(16-18)23-26-27-24(34-23)30-14-7-9-21(30)31/h10-11,18H,3-9,12-17H2,1-2H3,(H,25,32)/t18-/m1/s1. The Morgan fingerprint density at radius 1 is 1.21 bits per heavy atom. The van der Waals surface area contributed by atoms with Gasteiger partial charge in [-0.05, 0) is 50.9 Å². The fourth-order valence-corrected chi connectivity index (χ4v) is 5.46. The number of amides is 2. The van der Waals surface area contributed by atoms with Gasteiger partial charge in [0.2, 0.25) is 22.1 Å². The van der Waals surface area contributed by atoms with Gasteiger partial charge in [0.05, 0.1) is 19.0 Å². The molecule has 0 spiro atoms. The van der Waals surface area contributed by atoms with Crippen LogP contribution in [0.25, 0.3) is 0 Å². The predicted molar refractivity (Wildman–Crippen MR) is 133 cm³/mol. The second-order valence-electron chi connectivity index (χ2n) is 9.11. The molecule has 0 saturated carbocycles. The maximum atomic E-state index is 12.9. The number of hydrogen-bond donors (Lipinski definition) is 1. The molecule has 2 amide bonds. The van der Waals surface area contributed by atoms with Crippen molar-refractivity contribution in [3.8, 4) is 0 Å². The van der Waals surface area contributed by atoms with Crippen LogP contribution in [-0.4, -0.2) is 59.6 Å². The van der Waals surface area contributed by atoms with Crippen molar-refractivity contribution in [2.75, 3.05) is 42.5 Å². The Balaban J connectivity index is 1.27. The molecule has 0 radical (unpaired) electrons. The van der Waals surface area contributed by atoms with E-state index in [0.717, 1.165) is 62.1 Å². The van der Waals surface area contributed by atoms with Gasteiger partial charge >= 0.3 is 0 Å². The van der Waals surface area contributed by atoms with E-state index in [-0.39, 0.29) is 17.7 Å². The van der Waals surface area contributed by atoms with Crippen LogP contribution in [0.5, 0.6) is 0 Å². The number of nitrogens with one attached hydrogen (secondary N) is 1. The Labute approximate surface area is 205 Å². The van der Waals surface area contributed by atoms with Crippen molar-refractivity contribution >= 4 is 33.4 Å². The summed E-state index contributed by atoms with van der Waals surface area (Å²) < 4.78 is 5.97. The number of carbonyl (C=O) groups excluding carboxylic acids is 2. The van der Waals surface area contributed by atoms with Crippen LogP contribution >= 0.6 is 11.3 Å². The first-order chi connectivity index (χ1) is 16.6. The van der Waals surface area contributed by atoms with Gasteiger partial charge in [-0.25, -0.2) is 0 Å². The second-order valence-corrected chi connectivity index (χ2v) is 10.0. The molecule has 10 heteroatoms. The van der Waals surface area contributed by atoms with Crippen LogP contribution in [0.2, 0.25) is 0 Å². The molecule has 0 aliphatic carbocycles. The zero-order valence-electron chi connectivity index (χ0n) is 20.3. The highest BCUT2D eigenvalue weighted by atomic mass is 32.1. The molecule has 9 nitrogen and oxygen atoms in total. The molecule has 186 valence electrons. The summed E-state index contributed by atoms with van der Waals surface area (Å²) >= 11 is 1.44. The number of unbranched alkanes of at least 4 members (excludes halogenated alkanes) is 1. The molecule has 4 heterocycles. The highest BCUT2D eigenvalue weighted by molar-refractivity contribution is 7.19. The van der Waals surface area contributed by atoms with Gasteiger partial charge in [0.1, 0.15) is 11.5 Å². The third-order valence-electron chi connectivity index (χ3n) is 6.58. The highest BCUT2D eigenvalue weighted by Gasteiger charge is 2.30. The van der Waals surface area contributed by atoms with Crippen LogP contribution in [0.15, 0.2) is 16.5 Å². The van der Waals surface area contributed by atoms with Crippen LogP contribution in [0.3, 0.4) is 0 Å². The first kappa shape index (κ1) is 24.7. The summed E-state index contributed by atoms with van der Waals surface area (Å²) in [6.07, 6.45) is 5.59. The number of carbonyl (C=O) groups is 2. The zero-order chi connectivity index (χ0) is 23.9. The molecule has 0 aromatic carbocycles. The number of piperidine rings is 1. The first-order valence-electron chi connectivity index (χ1n) is 12.5. The summed E-state index contributed by atoms with van der Waals surface area (Å²) in [5.74, 6) is 1.78. The lowest BCUT2D eigenvalue weighted by atomic mass is 9.97. The molecular weight excluding hydrogens is 452 g/mol. The molecule has 0 unspecified atom stereocenters. The summed E-state index contributed by atoms with van der Waals surface area (Å²) in [7, 11) is 0. The molecule has 0 bridgehead atoms. The molecule has 2 aliphatic heterocycles. The number of aromatic nitrogens is 2. The van der Waals surface area contributed by atoms with Crippen LogP contribution in [-0.2, 0) is 22.7 Å². The average Bonchev–Trinajstić information content (AvgIpc) is 3.61. The number of nitrogens with zero attached hydrogens (tertiary/aromatic N) is 5. The molecule has 2 aromatic heterocycles. The van der Waals surface area contributed by atoms with Crippen molar-refractivity contribution in [3.05, 3.63) is 23.7 Å². The van der Waals surface area contributed by atoms with E-state index in [2.05, 4.69) is 39.2 Å². The Hall–Kier alpha value is -2.46. The number of hydrogen-bond acceptors (Lipinski definition) is 8. The van der Waals surface area contributed by atoms with Crippen LogP contribution in [0.4, 0.5) is 10.3 Å². The molecule has 1 atom stereocenters. The smallest absolute Gasteiger partial charge is 0.228 e. The minimum absolute atomic E-state index is 0.0419. The fraction of sp³-hybridized carbons (Fsp3) is 0.667. The van der Waals surface area contributed by atoms with Crippen LogP contribution in [0.1, 0.15) is 63.9 Å². The monoisotopic (exact) mass is 488 g/mol. The van der Waals surface area contributed by atoms with E-state index in [9.17, 15) is 9.59 Å². The Bertz CT molecular complexity index is 960. The largest absolute Gasteiger partial charge is 0.463 e. The lowest BCUT2D eigenvalue weighted by Crippen LogP contribution is -2.42. The van der Waals surface area contributed by atoms with Crippen molar-refractivity contribution < 1.29 is 14.0 Å². The summed E-state index contributed by atoms with van der Waals surface area (Å²) in [4.78, 5) is 31.1. The van der Waals surface area contributed by atoms with Gasteiger partial charge in [-0.1, -0.05) is 31.6 Å². The van der Waals surface area contributed by atoms with Crippen molar-refractivity contribution in [3.63, 3.8) is 0 Å². The molecule has 4 rings (SSSR count). The minimum atomic E-state index is -0.103. The Morgan fingerprint density at radius 3 is 2.79 bits per heavy atom. The molecule has 2 fully saturated rings. The second kappa shape index (κ2) is 11.8. The quantitative estimate of drug-likeness (QED) is 0.518. The minimum Gasteiger partial charge on any atom is -0.463 e. The van der Waals surface area contributed by atoms with E-state index in [1.54, 1.807) is 4.90 Å². The average molecular weight is 489 g/mol. The fourth-order valence-electron chi connectivity index (χ4n) is 4.53. The van der Waals surface area contributed by atoms with Gasteiger partial charge in [-0.3, -0.25) is 19.4 Å². The first-order valence-corrected chi connectivity index (χ1v) is 13.4. The Morgan fingerprint density at radius 2 is 2.03 bits per heavy atom. The third kappa shape index (κ3) is 6.15. The zero-order valence-corrected chi connectivity index (χ0v) is 21.1. The molecular formula is C24H36N6O3S. The molecule has 2 aromatic rings. The molecule has 2 saturated heterocycles. The molecule has 2 aliphatic rings. The van der Waals surface area contributed by atoms with E-state index in [0.29, 0.717) is 31.2 Å². The lowest BCUT2D eigenvalue weighted by molar-refractivity contribution is -0.125. The topological polar surface area (TPSA) is 94.8 Å². The van der Waals surface area contributed by atoms with E-state index in [4.69, 9.17) is 4.42 Å². The molecule has 1 N–H and O–H groups in total. The highest BCUT2D eigenvalue weighted by Crippen LogP contribution is 2.32. The van der Waals surface area contributed by atoms with Gasteiger partial charge in [-0.2, -0.15) is 0 Å². The van der Waals surface area contributed by atoms with E-state index >= 15 is 0 Å². The molecule has 34 heavy (non-hydrogen) atoms. The summed E-state index contributed by atoms with van der Waals surface area (Å²) in [5.41, 5.74) is 0. The van der Waals surface area contributed by atoms with Gasteiger partial charge in [-0.15, -0.1) is 10.2 Å². The number of anilines is 2. The SMILES string of the molecule is CCCCN(CC)Cc1ccc(CNC(=O)[C@@H]2CCCN(c3nnc(N4CCCC4=O)s3)C2)o1. The normalized spacial score (nSPS) is 18.8. The van der Waals surface area contributed by atoms with Crippen molar-refractivity contribution in [1.29, 1.82) is 0 Å². The van der Waals surface area contributed by atoms with Gasteiger partial charge in [0.15, 0.2) is 0 Å². The van der Waals surface area contributed by atoms with Gasteiger partial charge < -0.3 is 14.6 Å². The predicted octanol–water partition coefficient (Wildman–Crippen LogP) is 3.41. The van der Waals surface area contributed by atoms with Crippen LogP contribution < -0.4 is 15.1 Å². The Kier molecular flexibility index (Phi) is 8.55. The van der Waals surface area contributed by atoms with Gasteiger partial charge in [0, 0.05) is 26.1 Å². The number of rotatable bonds is 11. The third-order valence-corrected chi connectivity index (χ3v) is 7.59. The van der Waals surface area contributed by atoms with E-state index in [1.807, 2.05) is 12.1 Å². The van der Waals surface area contributed by atoms with Crippen molar-refractivity contribution in [2.24, 2.45) is 5.92 Å². The summed E-state index contributed by atoms with van der Waals surface area (Å²) in [6.45, 7) is 9.81. The van der Waals surface area contributed by atoms with Crippen LogP contribution in [0, 0.1) is 5.92 Å². The summed E-state index contributed by atoms with van der Waals surface area (Å²) in [5, 5.41) is 13.0. The maximum absolute atomic E-state index is 12.9. The van der Waals surface area contributed by atoms with Gasteiger partial charge in [0.25, 0.3) is 0 Å². The van der Waals surface area contributed by atoms with E-state index < -0.39 is 0 Å². The number of furan rings is 1. The maximum Gasteiger partial charge on any atom is 0.228 e. The van der Waals surface area contributed by atoms with Crippen molar-refractivity contribution in [2.45, 2.75) is 65.5 Å².